The van der Waals surface area contributed by atoms with Gasteiger partial charge in [-0.05, 0) is 82.0 Å². The number of anilines is 1. The minimum Gasteiger partial charge on any atom is -0.496 e. The van der Waals surface area contributed by atoms with Crippen LogP contribution in [0.1, 0.15) is 66.0 Å². The number of nitrogens with zero attached hydrogens (tertiary/aromatic N) is 3. The van der Waals surface area contributed by atoms with Gasteiger partial charge in [-0.2, -0.15) is 5.10 Å². The van der Waals surface area contributed by atoms with Crippen molar-refractivity contribution < 1.29 is 9.53 Å². The van der Waals surface area contributed by atoms with Gasteiger partial charge >= 0.3 is 0 Å². The van der Waals surface area contributed by atoms with Crippen molar-refractivity contribution in [2.75, 3.05) is 19.1 Å². The molecule has 1 aliphatic rings. The van der Waals surface area contributed by atoms with E-state index < -0.39 is 0 Å². The minimum absolute atomic E-state index is 0.0767. The first-order valence-corrected chi connectivity index (χ1v) is 11.7. The Balaban J connectivity index is 1.56. The number of aromatic nitrogens is 1. The third-order valence-corrected chi connectivity index (χ3v) is 6.99. The molecule has 2 heterocycles. The van der Waals surface area contributed by atoms with Crippen LogP contribution in [0.2, 0.25) is 0 Å². The average Bonchev–Trinajstić information content (AvgIpc) is 3.14. The Morgan fingerprint density at radius 1 is 1.15 bits per heavy atom. The molecule has 0 spiro atoms. The Hall–Kier alpha value is -3.54. The monoisotopic (exact) mass is 458 g/mol. The highest BCUT2D eigenvalue weighted by Gasteiger charge is 2.34. The maximum absolute atomic E-state index is 12.8. The molecule has 0 aliphatic carbocycles. The first-order valence-electron chi connectivity index (χ1n) is 11.7. The molecule has 3 aromatic rings. The smallest absolute Gasteiger partial charge is 0.271 e. The van der Waals surface area contributed by atoms with Crippen LogP contribution in [0, 0.1) is 13.8 Å². The highest BCUT2D eigenvalue weighted by molar-refractivity contribution is 5.95. The summed E-state index contributed by atoms with van der Waals surface area (Å²) in [4.78, 5) is 15.1. The molecular formula is C28H34N4O2. The van der Waals surface area contributed by atoms with Crippen LogP contribution < -0.4 is 15.1 Å². The second-order valence-electron chi connectivity index (χ2n) is 9.83. The highest BCUT2D eigenvalue weighted by Crippen LogP contribution is 2.44. The molecule has 2 aromatic carbocycles. The molecule has 6 heteroatoms. The first kappa shape index (κ1) is 23.6. The van der Waals surface area contributed by atoms with Gasteiger partial charge in [0, 0.05) is 52.5 Å². The van der Waals surface area contributed by atoms with Crippen LogP contribution in [0.25, 0.3) is 5.69 Å². The van der Waals surface area contributed by atoms with E-state index in [4.69, 9.17) is 4.74 Å². The van der Waals surface area contributed by atoms with E-state index in [1.165, 1.54) is 11.3 Å². The normalized spacial score (nSPS) is 17.0. The lowest BCUT2D eigenvalue weighted by atomic mass is 9.80. The predicted octanol–water partition coefficient (Wildman–Crippen LogP) is 5.59. The minimum atomic E-state index is -0.257. The molecule has 178 valence electrons. The quantitative estimate of drug-likeness (QED) is 0.401. The molecule has 0 saturated heterocycles. The summed E-state index contributed by atoms with van der Waals surface area (Å²) in [6.07, 6.45) is 2.72. The van der Waals surface area contributed by atoms with Gasteiger partial charge in [-0.1, -0.05) is 13.0 Å². The van der Waals surface area contributed by atoms with Gasteiger partial charge in [0.1, 0.15) is 5.75 Å². The summed E-state index contributed by atoms with van der Waals surface area (Å²) in [5.41, 5.74) is 9.77. The number of rotatable bonds is 5. The Kier molecular flexibility index (Phi) is 6.26. The zero-order valence-corrected chi connectivity index (χ0v) is 21.1. The lowest BCUT2D eigenvalue weighted by Gasteiger charge is -2.45. The number of methoxy groups -OCH3 is 1. The van der Waals surface area contributed by atoms with E-state index in [0.717, 1.165) is 34.8 Å². The van der Waals surface area contributed by atoms with Crippen molar-refractivity contribution in [2.24, 2.45) is 5.10 Å². The summed E-state index contributed by atoms with van der Waals surface area (Å²) in [5, 5.41) is 4.25. The molecule has 1 N–H and O–H groups in total. The Bertz CT molecular complexity index is 1240. The van der Waals surface area contributed by atoms with Gasteiger partial charge in [-0.15, -0.1) is 0 Å². The molecular weight excluding hydrogens is 424 g/mol. The summed E-state index contributed by atoms with van der Waals surface area (Å²) in [5.74, 6) is 0.888. The van der Waals surface area contributed by atoms with E-state index in [-0.39, 0.29) is 11.4 Å². The third kappa shape index (κ3) is 4.32. The average molecular weight is 459 g/mol. The number of amides is 1. The van der Waals surface area contributed by atoms with Gasteiger partial charge in [0.2, 0.25) is 0 Å². The zero-order valence-electron chi connectivity index (χ0n) is 21.1. The largest absolute Gasteiger partial charge is 0.496 e. The van der Waals surface area contributed by atoms with Crippen LogP contribution >= 0.6 is 0 Å². The van der Waals surface area contributed by atoms with Crippen LogP contribution in [0.4, 0.5) is 5.69 Å². The van der Waals surface area contributed by atoms with Crippen molar-refractivity contribution in [1.29, 1.82) is 0 Å². The van der Waals surface area contributed by atoms with Crippen molar-refractivity contribution in [2.45, 2.75) is 52.5 Å². The fraction of sp³-hybridized carbons (Fsp3) is 0.357. The van der Waals surface area contributed by atoms with Crippen LogP contribution in [0.5, 0.6) is 5.75 Å². The number of hydrogen-bond acceptors (Lipinski definition) is 4. The van der Waals surface area contributed by atoms with Gasteiger partial charge in [-0.3, -0.25) is 4.79 Å². The van der Waals surface area contributed by atoms with E-state index in [0.29, 0.717) is 11.5 Å². The Morgan fingerprint density at radius 3 is 2.53 bits per heavy atom. The maximum Gasteiger partial charge on any atom is 0.271 e. The Labute approximate surface area is 202 Å². The Morgan fingerprint density at radius 2 is 1.85 bits per heavy atom. The number of ether oxygens (including phenoxy) is 1. The summed E-state index contributed by atoms with van der Waals surface area (Å²) in [7, 11) is 3.79. The zero-order chi connectivity index (χ0) is 24.6. The molecule has 1 atom stereocenters. The fourth-order valence-corrected chi connectivity index (χ4v) is 4.98. The summed E-state index contributed by atoms with van der Waals surface area (Å²) in [6.45, 7) is 10.9. The number of fused-ring (bicyclic) bond motifs is 1. The van der Waals surface area contributed by atoms with Crippen molar-refractivity contribution in [3.8, 4) is 11.4 Å². The van der Waals surface area contributed by atoms with Crippen molar-refractivity contribution in [3.05, 3.63) is 76.6 Å². The third-order valence-electron chi connectivity index (χ3n) is 6.99. The SMILES string of the molecule is COc1cc2c(cc1/C=N\NC(=O)c1cccc(-n3c(C)ccc3C)c1)C(C)CC(C)(C)N2C. The predicted molar refractivity (Wildman–Crippen MR) is 139 cm³/mol. The molecule has 0 fully saturated rings. The second kappa shape index (κ2) is 9.01. The summed E-state index contributed by atoms with van der Waals surface area (Å²) >= 11 is 0. The number of benzene rings is 2. The van der Waals surface area contributed by atoms with Gasteiger partial charge in [-0.25, -0.2) is 5.43 Å². The number of carbonyl (C=O) groups is 1. The van der Waals surface area contributed by atoms with Gasteiger partial charge in [0.15, 0.2) is 0 Å². The number of aryl methyl sites for hydroxylation is 2. The molecule has 1 aromatic heterocycles. The number of carbonyl (C=O) groups excluding carboxylic acids is 1. The maximum atomic E-state index is 12.8. The van der Waals surface area contributed by atoms with Gasteiger partial charge in [0.05, 0.1) is 13.3 Å². The van der Waals surface area contributed by atoms with Crippen molar-refractivity contribution >= 4 is 17.8 Å². The molecule has 1 aliphatic heterocycles. The topological polar surface area (TPSA) is 58.9 Å². The van der Waals surface area contributed by atoms with E-state index in [2.05, 4.69) is 85.9 Å². The van der Waals surface area contributed by atoms with Crippen molar-refractivity contribution in [1.82, 2.24) is 9.99 Å². The van der Waals surface area contributed by atoms with Crippen LogP contribution in [-0.2, 0) is 0 Å². The van der Waals surface area contributed by atoms with E-state index >= 15 is 0 Å². The highest BCUT2D eigenvalue weighted by atomic mass is 16.5. The van der Waals surface area contributed by atoms with E-state index in [9.17, 15) is 4.79 Å². The molecule has 0 bridgehead atoms. The molecule has 1 amide bonds. The number of hydrogen-bond donors (Lipinski definition) is 1. The molecule has 6 nitrogen and oxygen atoms in total. The summed E-state index contributed by atoms with van der Waals surface area (Å²) in [6, 6.07) is 15.9. The molecule has 1 unspecified atom stereocenters. The summed E-state index contributed by atoms with van der Waals surface area (Å²) < 4.78 is 7.77. The lowest BCUT2D eigenvalue weighted by molar-refractivity contribution is 0.0955. The lowest BCUT2D eigenvalue weighted by Crippen LogP contribution is -2.45. The van der Waals surface area contributed by atoms with Crippen LogP contribution in [0.3, 0.4) is 0 Å². The molecule has 0 saturated carbocycles. The second-order valence-corrected chi connectivity index (χ2v) is 9.83. The van der Waals surface area contributed by atoms with Gasteiger partial charge in [0.25, 0.3) is 5.91 Å². The standard InChI is InChI=1S/C28H34N4O2/c1-18-16-28(4,5)31(6)25-15-26(34-7)22(14-24(18)25)17-29-30-27(33)21-9-8-10-23(13-21)32-19(2)11-12-20(32)3/h8-15,17-18H,16H2,1-7H3,(H,30,33)/b29-17-. The van der Waals surface area contributed by atoms with Crippen molar-refractivity contribution in [3.63, 3.8) is 0 Å². The molecule has 34 heavy (non-hydrogen) atoms. The number of nitrogens with one attached hydrogen (secondary N) is 1. The van der Waals surface area contributed by atoms with Gasteiger partial charge < -0.3 is 14.2 Å². The molecule has 4 rings (SSSR count). The number of hydrazone groups is 1. The van der Waals surface area contributed by atoms with E-state index in [1.807, 2.05) is 18.2 Å². The molecule has 0 radical (unpaired) electrons. The fourth-order valence-electron chi connectivity index (χ4n) is 4.98. The first-order chi connectivity index (χ1) is 16.1. The van der Waals surface area contributed by atoms with Crippen LogP contribution in [0.15, 0.2) is 53.6 Å². The van der Waals surface area contributed by atoms with Crippen LogP contribution in [-0.4, -0.2) is 36.4 Å². The van der Waals surface area contributed by atoms with E-state index in [1.54, 1.807) is 19.4 Å².